The maximum Gasteiger partial charge on any atom is 0.324 e. The Morgan fingerprint density at radius 1 is 1.20 bits per heavy atom. The summed E-state index contributed by atoms with van der Waals surface area (Å²) in [6.45, 7) is 9.58. The van der Waals surface area contributed by atoms with Crippen molar-refractivity contribution in [3.05, 3.63) is 58.2 Å². The molecular weight excluding hydrogens is 787 g/mol. The maximum absolute atomic E-state index is 14.1. The van der Waals surface area contributed by atoms with Crippen LogP contribution in [0.2, 0.25) is 0 Å². The first-order valence-corrected chi connectivity index (χ1v) is 19.4. The summed E-state index contributed by atoms with van der Waals surface area (Å²) < 4.78 is 14.1. The van der Waals surface area contributed by atoms with E-state index in [0.717, 1.165) is 57.6 Å². The third-order valence-corrected chi connectivity index (χ3v) is 11.9. The topological polar surface area (TPSA) is 151 Å². The van der Waals surface area contributed by atoms with E-state index in [2.05, 4.69) is 66.4 Å². The highest BCUT2D eigenvalue weighted by Gasteiger charge is 2.46. The van der Waals surface area contributed by atoms with Crippen LogP contribution in [0.25, 0.3) is 33.4 Å². The fourth-order valence-electron chi connectivity index (χ4n) is 7.78. The van der Waals surface area contributed by atoms with Gasteiger partial charge in [-0.1, -0.05) is 19.9 Å². The van der Waals surface area contributed by atoms with Crippen molar-refractivity contribution in [3.63, 3.8) is 0 Å². The number of ether oxygens (including phenoxy) is 2. The van der Waals surface area contributed by atoms with E-state index in [-0.39, 0.29) is 65.5 Å². The Morgan fingerprint density at radius 2 is 1.96 bits per heavy atom. The summed E-state index contributed by atoms with van der Waals surface area (Å²) in [4.78, 5) is 51.0. The molecule has 3 aromatic heterocycles. The smallest absolute Gasteiger partial charge is 0.324 e. The number of hydrazine groups is 1. The minimum absolute atomic E-state index is 0. The van der Waals surface area contributed by atoms with Gasteiger partial charge in [0.15, 0.2) is 0 Å². The molecule has 5 heterocycles. The molecule has 1 saturated heterocycles. The van der Waals surface area contributed by atoms with Gasteiger partial charge >= 0.3 is 5.97 Å². The molecule has 1 aromatic carbocycles. The molecule has 302 valence electrons. The molecule has 12 nitrogen and oxygen atoms in total. The molecule has 3 aliphatic rings. The predicted octanol–water partition coefficient (Wildman–Crippen LogP) is 6.23. The first-order valence-electron chi connectivity index (χ1n) is 18.5. The zero-order chi connectivity index (χ0) is 37.5. The number of methoxy groups -OCH3 is 1. The van der Waals surface area contributed by atoms with Crippen LogP contribution < -0.4 is 10.7 Å². The number of cyclic esters (lactones) is 1. The number of carbonyl (C=O) groups is 3. The van der Waals surface area contributed by atoms with Crippen LogP contribution in [0, 0.1) is 22.2 Å². The van der Waals surface area contributed by atoms with Crippen molar-refractivity contribution in [1.29, 1.82) is 5.26 Å². The molecule has 4 aromatic rings. The highest BCUT2D eigenvalue weighted by molar-refractivity contribution is 7.59. The van der Waals surface area contributed by atoms with E-state index in [9.17, 15) is 19.6 Å². The average Bonchev–Trinajstić information content (AvgIpc) is 3.74. The molecule has 2 N–H and O–H groups in total. The number of nitrogens with one attached hydrogen (secondary N) is 2. The SMILES string of the molecule is CCn1c(-c2cccnc2[C@H](C)OC)c2c3cc(ccc31)-c1csc(n1)C[C@H](NC(=O)C1(C#N)CCC1)C(=O)N1CCC[C@H](N1)C(=O)OCC(C)(C)C2.S.S.S. The molecule has 0 radical (unpaired) electrons. The number of hydrogen-bond acceptors (Lipinski definition) is 10. The number of carbonyl (C=O) groups excluding carboxylic acids is 3. The van der Waals surface area contributed by atoms with Crippen LogP contribution >= 0.6 is 51.8 Å². The summed E-state index contributed by atoms with van der Waals surface area (Å²) >= 11 is 1.43. The highest BCUT2D eigenvalue weighted by atomic mass is 32.1. The van der Waals surface area contributed by atoms with Gasteiger partial charge in [0.05, 0.1) is 40.9 Å². The number of aromatic nitrogens is 3. The lowest BCUT2D eigenvalue weighted by Crippen LogP contribution is -2.61. The lowest BCUT2D eigenvalue weighted by molar-refractivity contribution is -0.155. The lowest BCUT2D eigenvalue weighted by Gasteiger charge is -2.37. The quantitative estimate of drug-likeness (QED) is 0.215. The number of pyridine rings is 1. The van der Waals surface area contributed by atoms with Crippen LogP contribution in [0.4, 0.5) is 0 Å². The average molecular weight is 840 g/mol. The van der Waals surface area contributed by atoms with Crippen molar-refractivity contribution in [2.45, 2.75) is 97.4 Å². The monoisotopic (exact) mass is 839 g/mol. The first kappa shape index (κ1) is 45.1. The number of aryl methyl sites for hydroxylation is 1. The molecule has 7 rings (SSSR count). The van der Waals surface area contributed by atoms with Crippen molar-refractivity contribution >= 4 is 80.5 Å². The number of esters is 1. The first-order chi connectivity index (χ1) is 25.5. The Hall–Kier alpha value is -3.59. The zero-order valence-corrected chi connectivity index (χ0v) is 36.3. The molecule has 16 heteroatoms. The lowest BCUT2D eigenvalue weighted by atomic mass is 9.69. The van der Waals surface area contributed by atoms with Gasteiger partial charge in [-0.2, -0.15) is 45.7 Å². The number of thiazole rings is 1. The molecule has 6 bridgehead atoms. The zero-order valence-electron chi connectivity index (χ0n) is 32.5. The van der Waals surface area contributed by atoms with Crippen LogP contribution in [0.3, 0.4) is 0 Å². The Balaban J connectivity index is 0.00000232. The minimum atomic E-state index is -1.13. The standard InChI is InChI=1S/C40H47N7O5S.3H2S/c1-6-46-32-13-12-25-18-27(32)28(35(46)26-10-7-16-42-34(26)24(2)51-5)20-39(3,4)23-52-37(49)29-11-8-17-47(45-29)36(48)30(19-33-43-31(25)21-53-33)44-38(50)40(22-41)14-9-15-40;;;/h7,10,12-13,16,18,21,24,29-30,45H,6,8-9,11,14-15,17,19-20,23H2,1-5H3,(H,44,50);3*1H2/t24-,29-,30-;;;/m0.../s1. The largest absolute Gasteiger partial charge is 0.464 e. The van der Waals surface area contributed by atoms with E-state index in [4.69, 9.17) is 19.4 Å². The maximum atomic E-state index is 14.1. The minimum Gasteiger partial charge on any atom is -0.464 e. The summed E-state index contributed by atoms with van der Waals surface area (Å²) in [5.74, 6) is -1.25. The molecule has 0 spiro atoms. The molecule has 2 amide bonds. The van der Waals surface area contributed by atoms with Gasteiger partial charge in [0.1, 0.15) is 17.5 Å². The predicted molar refractivity (Wildman–Crippen MR) is 232 cm³/mol. The van der Waals surface area contributed by atoms with Crippen LogP contribution in [-0.4, -0.2) is 69.7 Å². The fraction of sp³-hybridized carbons (Fsp3) is 0.500. The number of benzene rings is 1. The third kappa shape index (κ3) is 8.63. The van der Waals surface area contributed by atoms with Crippen LogP contribution in [0.5, 0.6) is 0 Å². The van der Waals surface area contributed by atoms with Crippen molar-refractivity contribution in [3.8, 4) is 28.6 Å². The second-order valence-electron chi connectivity index (χ2n) is 15.3. The number of nitrogens with zero attached hydrogens (tertiary/aromatic N) is 5. The summed E-state index contributed by atoms with van der Waals surface area (Å²) in [6, 6.07) is 10.9. The van der Waals surface area contributed by atoms with Crippen molar-refractivity contribution in [2.75, 3.05) is 20.3 Å². The van der Waals surface area contributed by atoms with Gasteiger partial charge in [-0.25, -0.2) is 10.4 Å². The van der Waals surface area contributed by atoms with Crippen molar-refractivity contribution in [1.82, 2.24) is 30.3 Å². The fourth-order valence-corrected chi connectivity index (χ4v) is 8.63. The van der Waals surface area contributed by atoms with E-state index in [0.29, 0.717) is 43.7 Å². The van der Waals surface area contributed by atoms with E-state index >= 15 is 0 Å². The molecular formula is C40H53N7O5S4. The molecule has 0 unspecified atom stereocenters. The summed E-state index contributed by atoms with van der Waals surface area (Å²) in [7, 11) is 1.69. The Bertz CT molecular complexity index is 2110. The number of hydrogen-bond donors (Lipinski definition) is 2. The van der Waals surface area contributed by atoms with Gasteiger partial charge in [-0.3, -0.25) is 24.4 Å². The number of rotatable bonds is 6. The second-order valence-corrected chi connectivity index (χ2v) is 16.2. The van der Waals surface area contributed by atoms with E-state index in [1.165, 1.54) is 16.3 Å². The molecule has 3 atom stereocenters. The van der Waals surface area contributed by atoms with E-state index < -0.39 is 34.8 Å². The Labute approximate surface area is 353 Å². The Morgan fingerprint density at radius 3 is 2.64 bits per heavy atom. The van der Waals surface area contributed by atoms with Crippen LogP contribution in [0.1, 0.15) is 82.2 Å². The van der Waals surface area contributed by atoms with Crippen LogP contribution in [-0.2, 0) is 43.2 Å². The summed E-state index contributed by atoms with van der Waals surface area (Å²) in [6.07, 6.45) is 5.11. The second kappa shape index (κ2) is 18.3. The van der Waals surface area contributed by atoms with Gasteiger partial charge in [-0.05, 0) is 82.2 Å². The molecule has 56 heavy (non-hydrogen) atoms. The van der Waals surface area contributed by atoms with Gasteiger partial charge < -0.3 is 19.4 Å². The number of nitriles is 1. The van der Waals surface area contributed by atoms with Crippen molar-refractivity contribution < 1.29 is 23.9 Å². The number of fused-ring (bicyclic) bond motifs is 6. The molecule has 1 aliphatic carbocycles. The van der Waals surface area contributed by atoms with Gasteiger partial charge in [0.25, 0.3) is 5.91 Å². The third-order valence-electron chi connectivity index (χ3n) is 11.0. The highest BCUT2D eigenvalue weighted by Crippen LogP contribution is 2.43. The molecule has 2 fully saturated rings. The van der Waals surface area contributed by atoms with Gasteiger partial charge in [0.2, 0.25) is 5.91 Å². The van der Waals surface area contributed by atoms with Crippen molar-refractivity contribution in [2.24, 2.45) is 10.8 Å². The normalized spacial score (nSPS) is 20.8. The Kier molecular flexibility index (Phi) is 14.8. The number of amides is 2. The molecule has 1 saturated carbocycles. The van der Waals surface area contributed by atoms with Gasteiger partial charge in [0, 0.05) is 65.6 Å². The van der Waals surface area contributed by atoms with Crippen LogP contribution in [0.15, 0.2) is 41.9 Å². The summed E-state index contributed by atoms with van der Waals surface area (Å²) in [5.41, 5.74) is 8.29. The van der Waals surface area contributed by atoms with Gasteiger partial charge in [-0.15, -0.1) is 11.3 Å². The van der Waals surface area contributed by atoms with E-state index in [1.807, 2.05) is 18.4 Å². The summed E-state index contributed by atoms with van der Waals surface area (Å²) in [5, 5.41) is 17.9. The van der Waals surface area contributed by atoms with E-state index in [1.54, 1.807) is 13.3 Å². The molecule has 2 aliphatic heterocycles.